The van der Waals surface area contributed by atoms with Crippen LogP contribution in [0.15, 0.2) is 18.5 Å². The van der Waals surface area contributed by atoms with Crippen molar-refractivity contribution in [1.29, 1.82) is 0 Å². The minimum atomic E-state index is -0.628. The molecule has 1 heterocycles. The van der Waals surface area contributed by atoms with Gasteiger partial charge in [-0.3, -0.25) is 19.9 Å². The number of nitrogens with one attached hydrogen (secondary N) is 1. The van der Waals surface area contributed by atoms with Crippen molar-refractivity contribution in [1.82, 2.24) is 10.3 Å². The highest BCUT2D eigenvalue weighted by molar-refractivity contribution is 7.80. The standard InChI is InChI=1S/C8H8N4O3S/c9-7(16)4-11-8(13)5-1-6(12(14)15)3-10-2-5/h1-3H,4H2,(H2,9,16)(H,11,13). The summed E-state index contributed by atoms with van der Waals surface area (Å²) in [6, 6.07) is 1.13. The molecule has 0 atom stereocenters. The van der Waals surface area contributed by atoms with Crippen molar-refractivity contribution < 1.29 is 9.72 Å². The molecule has 0 spiro atoms. The van der Waals surface area contributed by atoms with E-state index in [0.29, 0.717) is 0 Å². The molecule has 0 aliphatic rings. The molecule has 0 aromatic carbocycles. The van der Waals surface area contributed by atoms with Gasteiger partial charge >= 0.3 is 0 Å². The van der Waals surface area contributed by atoms with Crippen molar-refractivity contribution in [3.05, 3.63) is 34.1 Å². The molecular formula is C8H8N4O3S. The first-order chi connectivity index (χ1) is 7.50. The van der Waals surface area contributed by atoms with Crippen LogP contribution in [0, 0.1) is 10.1 Å². The van der Waals surface area contributed by atoms with Crippen molar-refractivity contribution in [2.24, 2.45) is 5.73 Å². The predicted molar refractivity (Wildman–Crippen MR) is 60.0 cm³/mol. The number of aromatic nitrogens is 1. The molecule has 8 heteroatoms. The molecule has 0 aliphatic heterocycles. The van der Waals surface area contributed by atoms with Gasteiger partial charge in [0.2, 0.25) is 0 Å². The molecule has 0 saturated heterocycles. The SMILES string of the molecule is NC(=S)CNC(=O)c1cncc([N+](=O)[O-])c1. The number of carbonyl (C=O) groups is 1. The van der Waals surface area contributed by atoms with E-state index in [0.717, 1.165) is 12.3 Å². The lowest BCUT2D eigenvalue weighted by Crippen LogP contribution is -2.32. The molecule has 1 rings (SSSR count). The van der Waals surface area contributed by atoms with Crippen molar-refractivity contribution in [3.8, 4) is 0 Å². The summed E-state index contributed by atoms with van der Waals surface area (Å²) in [5.41, 5.74) is 5.03. The van der Waals surface area contributed by atoms with Crippen LogP contribution in [0.1, 0.15) is 10.4 Å². The third kappa shape index (κ3) is 3.24. The molecule has 1 aromatic rings. The van der Waals surface area contributed by atoms with E-state index in [9.17, 15) is 14.9 Å². The summed E-state index contributed by atoms with van der Waals surface area (Å²) < 4.78 is 0. The van der Waals surface area contributed by atoms with Crippen LogP contribution in [0.25, 0.3) is 0 Å². The highest BCUT2D eigenvalue weighted by Crippen LogP contribution is 2.10. The Morgan fingerprint density at radius 3 is 2.88 bits per heavy atom. The number of nitro groups is 1. The zero-order valence-corrected chi connectivity index (χ0v) is 8.86. The average Bonchev–Trinajstić information content (AvgIpc) is 2.26. The number of hydrogen-bond donors (Lipinski definition) is 2. The predicted octanol–water partition coefficient (Wildman–Crippen LogP) is 0.00570. The molecule has 3 N–H and O–H groups in total. The van der Waals surface area contributed by atoms with Crippen molar-refractivity contribution >= 4 is 28.8 Å². The second-order valence-electron chi connectivity index (χ2n) is 2.84. The maximum absolute atomic E-state index is 11.4. The largest absolute Gasteiger partial charge is 0.392 e. The van der Waals surface area contributed by atoms with E-state index < -0.39 is 10.8 Å². The second-order valence-corrected chi connectivity index (χ2v) is 3.36. The average molecular weight is 240 g/mol. The van der Waals surface area contributed by atoms with Gasteiger partial charge in [-0.15, -0.1) is 0 Å². The van der Waals surface area contributed by atoms with Crippen LogP contribution in [0.3, 0.4) is 0 Å². The smallest absolute Gasteiger partial charge is 0.288 e. The number of pyridine rings is 1. The quantitative estimate of drug-likeness (QED) is 0.435. The third-order valence-electron chi connectivity index (χ3n) is 1.62. The Morgan fingerprint density at radius 2 is 2.31 bits per heavy atom. The first kappa shape index (κ1) is 12.0. The molecule has 0 aliphatic carbocycles. The summed E-state index contributed by atoms with van der Waals surface area (Å²) in [7, 11) is 0. The van der Waals surface area contributed by atoms with Gasteiger partial charge in [-0.25, -0.2) is 0 Å². The van der Waals surface area contributed by atoms with E-state index in [1.165, 1.54) is 6.20 Å². The first-order valence-corrected chi connectivity index (χ1v) is 4.57. The summed E-state index contributed by atoms with van der Waals surface area (Å²) in [4.78, 5) is 25.0. The highest BCUT2D eigenvalue weighted by atomic mass is 32.1. The van der Waals surface area contributed by atoms with Gasteiger partial charge in [-0.2, -0.15) is 0 Å². The monoisotopic (exact) mass is 240 g/mol. The fourth-order valence-corrected chi connectivity index (χ4v) is 0.993. The summed E-state index contributed by atoms with van der Waals surface area (Å²) >= 11 is 4.57. The molecule has 0 saturated carbocycles. The summed E-state index contributed by atoms with van der Waals surface area (Å²) in [6.07, 6.45) is 2.28. The first-order valence-electron chi connectivity index (χ1n) is 4.16. The number of nitrogens with two attached hydrogens (primary N) is 1. The van der Waals surface area contributed by atoms with Gasteiger partial charge in [-0.05, 0) is 0 Å². The van der Waals surface area contributed by atoms with Gasteiger partial charge in [0.25, 0.3) is 11.6 Å². The Labute approximate surface area is 95.8 Å². The molecular weight excluding hydrogens is 232 g/mol. The summed E-state index contributed by atoms with van der Waals surface area (Å²) in [5.74, 6) is -0.510. The van der Waals surface area contributed by atoms with Gasteiger partial charge in [-0.1, -0.05) is 12.2 Å². The molecule has 1 amide bonds. The van der Waals surface area contributed by atoms with Crippen LogP contribution in [-0.2, 0) is 0 Å². The van der Waals surface area contributed by atoms with E-state index in [4.69, 9.17) is 5.73 Å². The van der Waals surface area contributed by atoms with E-state index in [2.05, 4.69) is 22.5 Å². The highest BCUT2D eigenvalue weighted by Gasteiger charge is 2.11. The Hall–Kier alpha value is -2.09. The molecule has 7 nitrogen and oxygen atoms in total. The number of carbonyl (C=O) groups excluding carboxylic acids is 1. The lowest BCUT2D eigenvalue weighted by atomic mass is 10.2. The van der Waals surface area contributed by atoms with Crippen LogP contribution in [-0.4, -0.2) is 27.3 Å². The summed E-state index contributed by atoms with van der Waals surface area (Å²) in [5, 5.41) is 12.8. The van der Waals surface area contributed by atoms with E-state index in [1.807, 2.05) is 0 Å². The normalized spacial score (nSPS) is 9.50. The zero-order valence-electron chi connectivity index (χ0n) is 8.04. The Kier molecular flexibility index (Phi) is 3.84. The van der Waals surface area contributed by atoms with Crippen molar-refractivity contribution in [3.63, 3.8) is 0 Å². The lowest BCUT2D eigenvalue weighted by Gasteiger charge is -2.02. The molecule has 84 valence electrons. The van der Waals surface area contributed by atoms with E-state index in [-0.39, 0.29) is 22.8 Å². The van der Waals surface area contributed by atoms with Crippen LogP contribution in [0.5, 0.6) is 0 Å². The molecule has 0 bridgehead atoms. The number of amides is 1. The molecule has 16 heavy (non-hydrogen) atoms. The topological polar surface area (TPSA) is 111 Å². The fourth-order valence-electron chi connectivity index (χ4n) is 0.921. The molecule has 0 unspecified atom stereocenters. The maximum Gasteiger partial charge on any atom is 0.288 e. The van der Waals surface area contributed by atoms with Gasteiger partial charge in [0, 0.05) is 12.3 Å². The van der Waals surface area contributed by atoms with Crippen LogP contribution >= 0.6 is 12.2 Å². The van der Waals surface area contributed by atoms with E-state index in [1.54, 1.807) is 0 Å². The molecule has 0 radical (unpaired) electrons. The molecule has 1 aromatic heterocycles. The van der Waals surface area contributed by atoms with Crippen molar-refractivity contribution in [2.45, 2.75) is 0 Å². The second kappa shape index (κ2) is 5.12. The molecule has 0 fully saturated rings. The fraction of sp³-hybridized carbons (Fsp3) is 0.125. The van der Waals surface area contributed by atoms with Gasteiger partial charge < -0.3 is 11.1 Å². The van der Waals surface area contributed by atoms with Crippen LogP contribution < -0.4 is 11.1 Å². The van der Waals surface area contributed by atoms with Gasteiger partial charge in [0.05, 0.1) is 22.0 Å². The number of thiocarbonyl (C=S) groups is 1. The number of nitrogens with zero attached hydrogens (tertiary/aromatic N) is 2. The Morgan fingerprint density at radius 1 is 1.62 bits per heavy atom. The van der Waals surface area contributed by atoms with Gasteiger partial charge in [0.15, 0.2) is 0 Å². The van der Waals surface area contributed by atoms with Crippen LogP contribution in [0.2, 0.25) is 0 Å². The third-order valence-corrected chi connectivity index (χ3v) is 1.76. The Balaban J connectivity index is 2.79. The van der Waals surface area contributed by atoms with Gasteiger partial charge in [0.1, 0.15) is 6.20 Å². The summed E-state index contributed by atoms with van der Waals surface area (Å²) in [6.45, 7) is 0.0386. The number of hydrogen-bond acceptors (Lipinski definition) is 5. The Bertz CT molecular complexity index is 449. The van der Waals surface area contributed by atoms with Crippen LogP contribution in [0.4, 0.5) is 5.69 Å². The van der Waals surface area contributed by atoms with E-state index >= 15 is 0 Å². The lowest BCUT2D eigenvalue weighted by molar-refractivity contribution is -0.385. The maximum atomic E-state index is 11.4. The van der Waals surface area contributed by atoms with Crippen molar-refractivity contribution in [2.75, 3.05) is 6.54 Å². The minimum absolute atomic E-state index is 0.0386. The zero-order chi connectivity index (χ0) is 12.1. The number of rotatable bonds is 4. The minimum Gasteiger partial charge on any atom is -0.392 e.